The van der Waals surface area contributed by atoms with Gasteiger partial charge in [0.25, 0.3) is 0 Å². The summed E-state index contributed by atoms with van der Waals surface area (Å²) in [6, 6.07) is 7.68. The van der Waals surface area contributed by atoms with E-state index >= 15 is 0 Å². The topological polar surface area (TPSA) is 86.7 Å². The summed E-state index contributed by atoms with van der Waals surface area (Å²) in [5.74, 6) is -1.25. The van der Waals surface area contributed by atoms with Gasteiger partial charge in [0.15, 0.2) is 0 Å². The number of likely N-dealkylation sites (tertiary alicyclic amines) is 1. The van der Waals surface area contributed by atoms with Gasteiger partial charge in [0, 0.05) is 26.1 Å². The predicted molar refractivity (Wildman–Crippen MR) is 82.2 cm³/mol. The first kappa shape index (κ1) is 15.5. The predicted octanol–water partition coefficient (Wildman–Crippen LogP) is 1.29. The summed E-state index contributed by atoms with van der Waals surface area (Å²) in [6.45, 7) is 1.75. The Morgan fingerprint density at radius 2 is 1.83 bits per heavy atom. The van der Waals surface area contributed by atoms with E-state index in [2.05, 4.69) is 5.32 Å². The molecule has 2 N–H and O–H groups in total. The molecule has 0 atom stereocenters. The Labute approximate surface area is 134 Å². The Bertz CT molecular complexity index is 634. The SMILES string of the molecule is O=C1CCCN1Cc1ccc(CNC(=O)C2(C(=O)O)CC2)cc1. The normalized spacial score (nSPS) is 18.8. The van der Waals surface area contributed by atoms with Crippen molar-refractivity contribution in [3.63, 3.8) is 0 Å². The number of benzene rings is 1. The van der Waals surface area contributed by atoms with Crippen LogP contribution in [0, 0.1) is 5.41 Å². The summed E-state index contributed by atoms with van der Waals surface area (Å²) in [7, 11) is 0. The van der Waals surface area contributed by atoms with Gasteiger partial charge in [0.2, 0.25) is 11.8 Å². The molecule has 2 fully saturated rings. The zero-order valence-electron chi connectivity index (χ0n) is 12.9. The summed E-state index contributed by atoms with van der Waals surface area (Å²) in [4.78, 5) is 36.5. The van der Waals surface area contributed by atoms with Gasteiger partial charge in [-0.2, -0.15) is 0 Å². The smallest absolute Gasteiger partial charge is 0.319 e. The van der Waals surface area contributed by atoms with E-state index in [1.165, 1.54) is 0 Å². The van der Waals surface area contributed by atoms with Gasteiger partial charge in [-0.15, -0.1) is 0 Å². The molecule has 122 valence electrons. The molecule has 1 saturated carbocycles. The van der Waals surface area contributed by atoms with Crippen molar-refractivity contribution >= 4 is 17.8 Å². The van der Waals surface area contributed by atoms with Crippen LogP contribution in [0.4, 0.5) is 0 Å². The van der Waals surface area contributed by atoms with Gasteiger partial charge in [-0.3, -0.25) is 14.4 Å². The number of carboxylic acid groups (broad SMARTS) is 1. The lowest BCUT2D eigenvalue weighted by Crippen LogP contribution is -2.36. The highest BCUT2D eigenvalue weighted by Gasteiger charge is 2.56. The molecule has 3 rings (SSSR count). The minimum absolute atomic E-state index is 0.199. The van der Waals surface area contributed by atoms with Crippen LogP contribution >= 0.6 is 0 Å². The summed E-state index contributed by atoms with van der Waals surface area (Å²) in [5, 5.41) is 11.8. The number of nitrogens with zero attached hydrogens (tertiary/aromatic N) is 1. The lowest BCUT2D eigenvalue weighted by atomic mass is 10.1. The van der Waals surface area contributed by atoms with Crippen molar-refractivity contribution in [3.05, 3.63) is 35.4 Å². The van der Waals surface area contributed by atoms with Gasteiger partial charge in [0.1, 0.15) is 5.41 Å². The molecule has 1 aliphatic carbocycles. The molecule has 0 aromatic heterocycles. The van der Waals surface area contributed by atoms with Crippen molar-refractivity contribution < 1.29 is 19.5 Å². The van der Waals surface area contributed by atoms with E-state index in [0.717, 1.165) is 24.1 Å². The molecule has 1 saturated heterocycles. The minimum atomic E-state index is -1.20. The van der Waals surface area contributed by atoms with Crippen LogP contribution in [0.3, 0.4) is 0 Å². The van der Waals surface area contributed by atoms with Gasteiger partial charge >= 0.3 is 5.97 Å². The van der Waals surface area contributed by atoms with E-state index in [9.17, 15) is 14.4 Å². The van der Waals surface area contributed by atoms with Crippen molar-refractivity contribution in [2.45, 2.75) is 38.8 Å². The van der Waals surface area contributed by atoms with E-state index in [4.69, 9.17) is 5.11 Å². The third-order valence-corrected chi connectivity index (χ3v) is 4.61. The van der Waals surface area contributed by atoms with Crippen LogP contribution in [0.5, 0.6) is 0 Å². The van der Waals surface area contributed by atoms with Gasteiger partial charge < -0.3 is 15.3 Å². The molecule has 0 radical (unpaired) electrons. The maximum Gasteiger partial charge on any atom is 0.319 e. The molecule has 1 aliphatic heterocycles. The average Bonchev–Trinajstić information content (AvgIpc) is 3.27. The Balaban J connectivity index is 1.53. The molecule has 1 heterocycles. The minimum Gasteiger partial charge on any atom is -0.480 e. The van der Waals surface area contributed by atoms with Crippen molar-refractivity contribution in [2.24, 2.45) is 5.41 Å². The molecule has 0 unspecified atom stereocenters. The van der Waals surface area contributed by atoms with Crippen LogP contribution in [0.25, 0.3) is 0 Å². The lowest BCUT2D eigenvalue weighted by molar-refractivity contribution is -0.149. The second kappa shape index (κ2) is 6.02. The summed E-state index contributed by atoms with van der Waals surface area (Å²) in [5.41, 5.74) is 0.770. The maximum absolute atomic E-state index is 11.9. The molecule has 1 aromatic rings. The molecular weight excluding hydrogens is 296 g/mol. The molecule has 23 heavy (non-hydrogen) atoms. The van der Waals surface area contributed by atoms with E-state index in [0.29, 0.717) is 32.4 Å². The molecule has 6 heteroatoms. The number of carboxylic acids is 1. The van der Waals surface area contributed by atoms with E-state index in [1.54, 1.807) is 0 Å². The van der Waals surface area contributed by atoms with Crippen molar-refractivity contribution in [1.29, 1.82) is 0 Å². The Kier molecular flexibility index (Phi) is 4.07. The van der Waals surface area contributed by atoms with Crippen LogP contribution < -0.4 is 5.32 Å². The summed E-state index contributed by atoms with van der Waals surface area (Å²) in [6.07, 6.45) is 2.39. The lowest BCUT2D eigenvalue weighted by Gasteiger charge is -2.16. The third kappa shape index (κ3) is 3.21. The second-order valence-electron chi connectivity index (χ2n) is 6.31. The quantitative estimate of drug-likeness (QED) is 0.774. The first-order valence-electron chi connectivity index (χ1n) is 7.88. The number of nitrogens with one attached hydrogen (secondary N) is 1. The van der Waals surface area contributed by atoms with Crippen LogP contribution in [0.15, 0.2) is 24.3 Å². The fraction of sp³-hybridized carbons (Fsp3) is 0.471. The number of amides is 2. The van der Waals surface area contributed by atoms with Crippen LogP contribution in [0.2, 0.25) is 0 Å². The van der Waals surface area contributed by atoms with Gasteiger partial charge in [-0.05, 0) is 30.4 Å². The fourth-order valence-corrected chi connectivity index (χ4v) is 2.87. The molecule has 6 nitrogen and oxygen atoms in total. The summed E-state index contributed by atoms with van der Waals surface area (Å²) < 4.78 is 0. The van der Waals surface area contributed by atoms with Crippen LogP contribution in [0.1, 0.15) is 36.8 Å². The van der Waals surface area contributed by atoms with Crippen molar-refractivity contribution in [3.8, 4) is 0 Å². The largest absolute Gasteiger partial charge is 0.480 e. The van der Waals surface area contributed by atoms with E-state index < -0.39 is 17.3 Å². The highest BCUT2D eigenvalue weighted by atomic mass is 16.4. The second-order valence-corrected chi connectivity index (χ2v) is 6.31. The Hall–Kier alpha value is -2.37. The molecule has 0 spiro atoms. The Morgan fingerprint density at radius 1 is 1.17 bits per heavy atom. The number of aliphatic carboxylic acids is 1. The highest BCUT2D eigenvalue weighted by Crippen LogP contribution is 2.46. The number of hydrogen-bond donors (Lipinski definition) is 2. The average molecular weight is 316 g/mol. The zero-order valence-corrected chi connectivity index (χ0v) is 12.9. The number of hydrogen-bond acceptors (Lipinski definition) is 3. The molecule has 1 aromatic carbocycles. The Morgan fingerprint density at radius 3 is 2.35 bits per heavy atom. The zero-order chi connectivity index (χ0) is 16.4. The molecule has 0 bridgehead atoms. The van der Waals surface area contributed by atoms with Crippen molar-refractivity contribution in [2.75, 3.05) is 6.54 Å². The van der Waals surface area contributed by atoms with Gasteiger partial charge in [-0.25, -0.2) is 0 Å². The van der Waals surface area contributed by atoms with Gasteiger partial charge in [0.05, 0.1) is 0 Å². The number of carbonyl (C=O) groups is 3. The van der Waals surface area contributed by atoms with Crippen LogP contribution in [-0.4, -0.2) is 34.3 Å². The molecule has 2 aliphatic rings. The number of rotatable bonds is 6. The molecule has 2 amide bonds. The fourth-order valence-electron chi connectivity index (χ4n) is 2.87. The number of carbonyl (C=O) groups excluding carboxylic acids is 2. The monoisotopic (exact) mass is 316 g/mol. The standard InChI is InChI=1S/C17H20N2O4/c20-14-2-1-9-19(14)11-13-5-3-12(4-6-13)10-18-15(21)17(7-8-17)16(22)23/h3-6H,1-2,7-11H2,(H,18,21)(H,22,23). The third-order valence-electron chi connectivity index (χ3n) is 4.61. The van der Waals surface area contributed by atoms with E-state index in [1.807, 2.05) is 29.2 Å². The highest BCUT2D eigenvalue weighted by molar-refractivity contribution is 6.04. The molecular formula is C17H20N2O4. The maximum atomic E-state index is 11.9. The first-order chi connectivity index (χ1) is 11.0. The summed E-state index contributed by atoms with van der Waals surface area (Å²) >= 11 is 0. The first-order valence-corrected chi connectivity index (χ1v) is 7.88. The van der Waals surface area contributed by atoms with Crippen LogP contribution in [-0.2, 0) is 27.5 Å². The van der Waals surface area contributed by atoms with Gasteiger partial charge in [-0.1, -0.05) is 24.3 Å². The van der Waals surface area contributed by atoms with E-state index in [-0.39, 0.29) is 5.91 Å². The van der Waals surface area contributed by atoms with Crippen molar-refractivity contribution in [1.82, 2.24) is 10.2 Å².